The number of amides is 2. The molecule has 1 heterocycles. The van der Waals surface area contributed by atoms with Crippen LogP contribution in [0.15, 0.2) is 66.9 Å². The quantitative estimate of drug-likeness (QED) is 0.578. The molecule has 0 bridgehead atoms. The standard InChI is InChI=1S/C20H19N3O4/c24-15(13-27-16-8-2-1-3-9-16)12-22-19(25)20(26)23-17-10-4-6-14-7-5-11-21-18(14)17/h1-11,15,24H,12-13H2,(H,22,25)(H,23,26)/t15-/m1/s1. The van der Waals surface area contributed by atoms with E-state index in [4.69, 9.17) is 4.74 Å². The number of nitrogens with one attached hydrogen (secondary N) is 2. The molecule has 0 radical (unpaired) electrons. The number of aliphatic hydroxyl groups excluding tert-OH is 1. The molecule has 1 aromatic heterocycles. The summed E-state index contributed by atoms with van der Waals surface area (Å²) in [5.41, 5.74) is 1.04. The smallest absolute Gasteiger partial charge is 0.313 e. The molecule has 0 saturated carbocycles. The normalized spacial score (nSPS) is 11.6. The lowest BCUT2D eigenvalue weighted by atomic mass is 10.2. The third-order valence-corrected chi connectivity index (χ3v) is 3.77. The van der Waals surface area contributed by atoms with E-state index >= 15 is 0 Å². The molecule has 2 amide bonds. The highest BCUT2D eigenvalue weighted by Crippen LogP contribution is 2.20. The van der Waals surface area contributed by atoms with Crippen molar-refractivity contribution >= 4 is 28.4 Å². The van der Waals surface area contributed by atoms with Gasteiger partial charge in [-0.25, -0.2) is 0 Å². The van der Waals surface area contributed by atoms with E-state index in [1.807, 2.05) is 30.3 Å². The van der Waals surface area contributed by atoms with E-state index in [0.717, 1.165) is 5.39 Å². The minimum Gasteiger partial charge on any atom is -0.491 e. The summed E-state index contributed by atoms with van der Waals surface area (Å²) in [6.45, 7) is -0.105. The van der Waals surface area contributed by atoms with Crippen molar-refractivity contribution in [2.45, 2.75) is 6.10 Å². The summed E-state index contributed by atoms with van der Waals surface area (Å²) < 4.78 is 5.39. The second-order valence-electron chi connectivity index (χ2n) is 5.82. The predicted molar refractivity (Wildman–Crippen MR) is 101 cm³/mol. The fraction of sp³-hybridized carbons (Fsp3) is 0.150. The number of nitrogens with zero attached hydrogens (tertiary/aromatic N) is 1. The number of anilines is 1. The van der Waals surface area contributed by atoms with Crippen LogP contribution in [-0.2, 0) is 9.59 Å². The molecule has 0 saturated heterocycles. The van der Waals surface area contributed by atoms with Gasteiger partial charge in [0.15, 0.2) is 0 Å². The molecule has 7 heteroatoms. The number of ether oxygens (including phenoxy) is 1. The molecule has 3 N–H and O–H groups in total. The fourth-order valence-corrected chi connectivity index (χ4v) is 2.44. The Hall–Kier alpha value is -3.45. The van der Waals surface area contributed by atoms with Crippen molar-refractivity contribution in [1.82, 2.24) is 10.3 Å². The molecule has 0 aliphatic rings. The summed E-state index contributed by atoms with van der Waals surface area (Å²) in [5.74, 6) is -1.06. The molecule has 27 heavy (non-hydrogen) atoms. The first-order valence-electron chi connectivity index (χ1n) is 8.42. The Kier molecular flexibility index (Phi) is 5.96. The Labute approximate surface area is 156 Å². The van der Waals surface area contributed by atoms with Gasteiger partial charge in [-0.2, -0.15) is 0 Å². The number of pyridine rings is 1. The number of carbonyl (C=O) groups is 2. The monoisotopic (exact) mass is 365 g/mol. The zero-order chi connectivity index (χ0) is 19.1. The van der Waals surface area contributed by atoms with Crippen molar-refractivity contribution in [3.8, 4) is 5.75 Å². The van der Waals surface area contributed by atoms with Crippen molar-refractivity contribution in [1.29, 1.82) is 0 Å². The minimum atomic E-state index is -0.943. The lowest BCUT2D eigenvalue weighted by molar-refractivity contribution is -0.136. The van der Waals surface area contributed by atoms with Gasteiger partial charge in [0, 0.05) is 18.1 Å². The van der Waals surface area contributed by atoms with E-state index in [2.05, 4.69) is 15.6 Å². The van der Waals surface area contributed by atoms with Gasteiger partial charge in [-0.1, -0.05) is 36.4 Å². The van der Waals surface area contributed by atoms with E-state index in [9.17, 15) is 14.7 Å². The van der Waals surface area contributed by atoms with Gasteiger partial charge in [0.25, 0.3) is 0 Å². The van der Waals surface area contributed by atoms with Crippen molar-refractivity contribution in [3.05, 3.63) is 66.9 Å². The van der Waals surface area contributed by atoms with Crippen LogP contribution < -0.4 is 15.4 Å². The highest BCUT2D eigenvalue weighted by Gasteiger charge is 2.16. The molecular weight excluding hydrogens is 346 g/mol. The van der Waals surface area contributed by atoms with Crippen LogP contribution in [0.2, 0.25) is 0 Å². The number of hydrogen-bond donors (Lipinski definition) is 3. The zero-order valence-corrected chi connectivity index (χ0v) is 14.5. The Morgan fingerprint density at radius 1 is 1.00 bits per heavy atom. The van der Waals surface area contributed by atoms with Gasteiger partial charge in [-0.05, 0) is 24.3 Å². The molecule has 0 aliphatic carbocycles. The first-order valence-corrected chi connectivity index (χ1v) is 8.42. The molecule has 7 nitrogen and oxygen atoms in total. The van der Waals surface area contributed by atoms with Crippen LogP contribution in [0.4, 0.5) is 5.69 Å². The van der Waals surface area contributed by atoms with Crippen molar-refractivity contribution in [2.75, 3.05) is 18.5 Å². The maximum Gasteiger partial charge on any atom is 0.313 e. The van der Waals surface area contributed by atoms with Gasteiger partial charge in [-0.3, -0.25) is 14.6 Å². The molecule has 0 spiro atoms. The summed E-state index contributed by atoms with van der Waals surface area (Å²) in [5, 5.41) is 15.7. The summed E-state index contributed by atoms with van der Waals surface area (Å²) in [7, 11) is 0. The van der Waals surface area contributed by atoms with Crippen LogP contribution in [0.3, 0.4) is 0 Å². The van der Waals surface area contributed by atoms with E-state index in [-0.39, 0.29) is 13.2 Å². The molecule has 138 valence electrons. The first-order chi connectivity index (χ1) is 13.1. The average molecular weight is 365 g/mol. The summed E-state index contributed by atoms with van der Waals surface area (Å²) >= 11 is 0. The molecule has 0 fully saturated rings. The van der Waals surface area contributed by atoms with Crippen LogP contribution in [0.25, 0.3) is 10.9 Å². The first kappa shape index (κ1) is 18.3. The number of aromatic nitrogens is 1. The van der Waals surface area contributed by atoms with E-state index in [1.54, 1.807) is 36.5 Å². The number of aliphatic hydroxyl groups is 1. The Balaban J connectivity index is 1.49. The Morgan fingerprint density at radius 2 is 1.78 bits per heavy atom. The van der Waals surface area contributed by atoms with Gasteiger partial charge in [0.1, 0.15) is 18.5 Å². The highest BCUT2D eigenvalue weighted by atomic mass is 16.5. The van der Waals surface area contributed by atoms with Crippen LogP contribution in [-0.4, -0.2) is 41.2 Å². The Bertz CT molecular complexity index is 925. The van der Waals surface area contributed by atoms with E-state index in [1.165, 1.54) is 0 Å². The van der Waals surface area contributed by atoms with Gasteiger partial charge in [-0.15, -0.1) is 0 Å². The van der Waals surface area contributed by atoms with Crippen LogP contribution in [0, 0.1) is 0 Å². The number of para-hydroxylation sites is 2. The number of rotatable bonds is 6. The summed E-state index contributed by atoms with van der Waals surface area (Å²) in [4.78, 5) is 28.3. The lowest BCUT2D eigenvalue weighted by Crippen LogP contribution is -2.41. The lowest BCUT2D eigenvalue weighted by Gasteiger charge is -2.13. The minimum absolute atomic E-state index is 0.000838. The maximum absolute atomic E-state index is 12.1. The van der Waals surface area contributed by atoms with Crippen LogP contribution in [0.1, 0.15) is 0 Å². The van der Waals surface area contributed by atoms with Gasteiger partial charge in [0.2, 0.25) is 0 Å². The van der Waals surface area contributed by atoms with Gasteiger partial charge in [0.05, 0.1) is 11.2 Å². The molecule has 3 rings (SSSR count). The van der Waals surface area contributed by atoms with Gasteiger partial charge >= 0.3 is 11.8 Å². The maximum atomic E-state index is 12.1. The average Bonchev–Trinajstić information content (AvgIpc) is 2.71. The number of benzene rings is 2. The topological polar surface area (TPSA) is 101 Å². The predicted octanol–water partition coefficient (Wildman–Crippen LogP) is 1.73. The van der Waals surface area contributed by atoms with Crippen LogP contribution in [0.5, 0.6) is 5.75 Å². The fourth-order valence-electron chi connectivity index (χ4n) is 2.44. The number of hydrogen-bond acceptors (Lipinski definition) is 5. The molecule has 3 aromatic rings. The van der Waals surface area contributed by atoms with Crippen molar-refractivity contribution in [3.63, 3.8) is 0 Å². The second-order valence-corrected chi connectivity index (χ2v) is 5.82. The van der Waals surface area contributed by atoms with Crippen LogP contribution >= 0.6 is 0 Å². The molecule has 1 atom stereocenters. The largest absolute Gasteiger partial charge is 0.491 e. The molecular formula is C20H19N3O4. The van der Waals surface area contributed by atoms with Crippen molar-refractivity contribution in [2.24, 2.45) is 0 Å². The second kappa shape index (κ2) is 8.77. The van der Waals surface area contributed by atoms with Gasteiger partial charge < -0.3 is 20.5 Å². The Morgan fingerprint density at radius 3 is 2.59 bits per heavy atom. The van der Waals surface area contributed by atoms with E-state index < -0.39 is 17.9 Å². The third-order valence-electron chi connectivity index (χ3n) is 3.77. The number of fused-ring (bicyclic) bond motifs is 1. The summed E-state index contributed by atoms with van der Waals surface area (Å²) in [6.07, 6.45) is 0.669. The third kappa shape index (κ3) is 5.02. The number of carbonyl (C=O) groups excluding carboxylic acids is 2. The summed E-state index contributed by atoms with van der Waals surface area (Å²) in [6, 6.07) is 18.0. The van der Waals surface area contributed by atoms with E-state index in [0.29, 0.717) is 17.0 Å². The SMILES string of the molecule is O=C(NC[C@@H](O)COc1ccccc1)C(=O)Nc1cccc2cccnc12. The highest BCUT2D eigenvalue weighted by molar-refractivity contribution is 6.40. The zero-order valence-electron chi connectivity index (χ0n) is 14.5. The molecule has 0 unspecified atom stereocenters. The van der Waals surface area contributed by atoms with Crippen molar-refractivity contribution < 1.29 is 19.4 Å². The molecule has 2 aromatic carbocycles. The molecule has 0 aliphatic heterocycles.